The number of alkyl halides is 3. The Morgan fingerprint density at radius 1 is 0.962 bits per heavy atom. The zero-order valence-corrected chi connectivity index (χ0v) is 16.1. The first-order chi connectivity index (χ1) is 12.2. The molecule has 2 aromatic carbocycles. The molecule has 0 aromatic heterocycles. The molecule has 1 amide bonds. The molecule has 0 saturated heterocycles. The third kappa shape index (κ3) is 4.67. The third-order valence-corrected chi connectivity index (χ3v) is 6.88. The topological polar surface area (TPSA) is 41.1 Å². The second-order valence-corrected chi connectivity index (χ2v) is 8.26. The van der Waals surface area contributed by atoms with E-state index in [1.54, 1.807) is 24.3 Å². The van der Waals surface area contributed by atoms with Crippen LogP contribution in [0.5, 0.6) is 0 Å². The summed E-state index contributed by atoms with van der Waals surface area (Å²) in [6.07, 6.45) is -0.664. The van der Waals surface area contributed by atoms with Crippen molar-refractivity contribution in [1.82, 2.24) is 5.43 Å². The third-order valence-electron chi connectivity index (χ3n) is 3.95. The van der Waals surface area contributed by atoms with Crippen molar-refractivity contribution in [2.24, 2.45) is 0 Å². The van der Waals surface area contributed by atoms with Gasteiger partial charge in [-0.15, -0.1) is 23.5 Å². The van der Waals surface area contributed by atoms with Crippen molar-refractivity contribution in [2.75, 3.05) is 17.9 Å². The van der Waals surface area contributed by atoms with Crippen LogP contribution in [0.2, 0.25) is 0 Å². The van der Waals surface area contributed by atoms with Crippen LogP contribution in [0.3, 0.4) is 0 Å². The van der Waals surface area contributed by atoms with Crippen LogP contribution >= 0.6 is 23.5 Å². The lowest BCUT2D eigenvalue weighted by Crippen LogP contribution is -2.42. The second kappa shape index (κ2) is 8.26. The van der Waals surface area contributed by atoms with Gasteiger partial charge in [0.1, 0.15) is 4.08 Å². The summed E-state index contributed by atoms with van der Waals surface area (Å²) in [5.41, 5.74) is 6.77. The number of carbonyl (C=O) groups is 1. The summed E-state index contributed by atoms with van der Waals surface area (Å²) >= 11 is 2.85. The summed E-state index contributed by atoms with van der Waals surface area (Å²) in [4.78, 5) is 12.4. The molecule has 0 spiro atoms. The van der Waals surface area contributed by atoms with E-state index >= 15 is 0 Å². The Kier molecular flexibility index (Phi) is 6.52. The summed E-state index contributed by atoms with van der Waals surface area (Å²) in [5.74, 6) is -0.195. The number of hydrogen-bond donors (Lipinski definition) is 2. The average Bonchev–Trinajstić information content (AvgIpc) is 2.65. The van der Waals surface area contributed by atoms with Gasteiger partial charge < -0.3 is 0 Å². The maximum Gasteiger partial charge on any atom is 0.416 e. The number of hydrazine groups is 1. The van der Waals surface area contributed by atoms with Crippen LogP contribution in [-0.2, 0) is 11.0 Å². The Hall–Kier alpha value is -1.80. The van der Waals surface area contributed by atoms with Crippen LogP contribution in [0.15, 0.2) is 48.5 Å². The van der Waals surface area contributed by atoms with Crippen LogP contribution in [0.1, 0.15) is 12.5 Å². The molecule has 0 aliphatic heterocycles. The van der Waals surface area contributed by atoms with Gasteiger partial charge in [-0.05, 0) is 43.2 Å². The molecule has 0 unspecified atom stereocenters. The van der Waals surface area contributed by atoms with Gasteiger partial charge >= 0.3 is 6.18 Å². The molecule has 8 heteroatoms. The maximum atomic E-state index is 12.7. The molecular weight excluding hydrogens is 381 g/mol. The highest BCUT2D eigenvalue weighted by Gasteiger charge is 2.31. The predicted molar refractivity (Wildman–Crippen MR) is 104 cm³/mol. The summed E-state index contributed by atoms with van der Waals surface area (Å²) in [6.45, 7) is 1.82. The number of nitrogens with one attached hydrogen (secondary N) is 2. The van der Waals surface area contributed by atoms with Gasteiger partial charge in [0.15, 0.2) is 0 Å². The molecule has 0 radical (unpaired) electrons. The van der Waals surface area contributed by atoms with E-state index in [0.717, 1.165) is 12.1 Å². The zero-order chi connectivity index (χ0) is 19.4. The van der Waals surface area contributed by atoms with Gasteiger partial charge in [0, 0.05) is 5.56 Å². The highest BCUT2D eigenvalue weighted by Crippen LogP contribution is 2.34. The van der Waals surface area contributed by atoms with Crippen molar-refractivity contribution in [3.63, 3.8) is 0 Å². The molecule has 2 rings (SSSR count). The molecular formula is C18H19F3N2OS2. The fraction of sp³-hybridized carbons (Fsp3) is 0.278. The monoisotopic (exact) mass is 400 g/mol. The average molecular weight is 400 g/mol. The van der Waals surface area contributed by atoms with Gasteiger partial charge in [0.25, 0.3) is 5.91 Å². The molecule has 2 N–H and O–H groups in total. The van der Waals surface area contributed by atoms with Crippen molar-refractivity contribution in [3.05, 3.63) is 54.1 Å². The van der Waals surface area contributed by atoms with Crippen LogP contribution in [0.25, 0.3) is 11.1 Å². The van der Waals surface area contributed by atoms with E-state index in [2.05, 4.69) is 10.9 Å². The van der Waals surface area contributed by atoms with Crippen molar-refractivity contribution < 1.29 is 18.0 Å². The van der Waals surface area contributed by atoms with Crippen LogP contribution in [0.4, 0.5) is 18.9 Å². The van der Waals surface area contributed by atoms with E-state index < -0.39 is 15.8 Å². The van der Waals surface area contributed by atoms with Crippen molar-refractivity contribution >= 4 is 35.1 Å². The Morgan fingerprint density at radius 2 is 1.54 bits per heavy atom. The Morgan fingerprint density at radius 3 is 2.08 bits per heavy atom. The standard InChI is InChI=1S/C18H19F3N2OS2/c1-17(25-2,26-3)16(24)23-22-15-7-5-4-6-14(15)12-8-10-13(11-9-12)18(19,20)21/h4-11,22H,1-3H3,(H,23,24). The fourth-order valence-corrected chi connectivity index (χ4v) is 3.33. The SMILES string of the molecule is CSC(C)(SC)C(=O)NNc1ccccc1-c1ccc(C(F)(F)F)cc1. The summed E-state index contributed by atoms with van der Waals surface area (Å²) < 4.78 is 37.5. The Bertz CT molecular complexity index is 760. The first kappa shape index (κ1) is 20.5. The number of thioether (sulfide) groups is 2. The molecule has 0 bridgehead atoms. The van der Waals surface area contributed by atoms with Crippen molar-refractivity contribution in [1.29, 1.82) is 0 Å². The predicted octanol–water partition coefficient (Wildman–Crippen LogP) is 5.26. The van der Waals surface area contributed by atoms with E-state index in [-0.39, 0.29) is 5.91 Å². The van der Waals surface area contributed by atoms with Gasteiger partial charge in [0.05, 0.1) is 11.3 Å². The Balaban J connectivity index is 2.22. The molecule has 0 aliphatic carbocycles. The fourth-order valence-electron chi connectivity index (χ4n) is 2.19. The number of anilines is 1. The van der Waals surface area contributed by atoms with Crippen molar-refractivity contribution in [2.45, 2.75) is 17.2 Å². The molecule has 0 atom stereocenters. The van der Waals surface area contributed by atoms with Gasteiger partial charge in [-0.1, -0.05) is 30.3 Å². The van der Waals surface area contributed by atoms with E-state index in [1.165, 1.54) is 35.7 Å². The van der Waals surface area contributed by atoms with E-state index in [4.69, 9.17) is 0 Å². The number of halogens is 3. The summed E-state index contributed by atoms with van der Waals surface area (Å²) in [7, 11) is 0. The summed E-state index contributed by atoms with van der Waals surface area (Å²) in [6, 6.07) is 12.0. The van der Waals surface area contributed by atoms with Gasteiger partial charge in [-0.3, -0.25) is 15.6 Å². The highest BCUT2D eigenvalue weighted by atomic mass is 32.2. The lowest BCUT2D eigenvalue weighted by Gasteiger charge is -2.24. The molecule has 0 heterocycles. The second-order valence-electron chi connectivity index (χ2n) is 5.55. The number of rotatable bonds is 6. The molecule has 26 heavy (non-hydrogen) atoms. The number of hydrogen-bond acceptors (Lipinski definition) is 4. The number of amides is 1. The molecule has 3 nitrogen and oxygen atoms in total. The van der Waals surface area contributed by atoms with E-state index in [0.29, 0.717) is 16.8 Å². The van der Waals surface area contributed by atoms with E-state index in [9.17, 15) is 18.0 Å². The van der Waals surface area contributed by atoms with E-state index in [1.807, 2.05) is 19.4 Å². The van der Waals surface area contributed by atoms with Gasteiger partial charge in [0.2, 0.25) is 0 Å². The first-order valence-corrected chi connectivity index (χ1v) is 10.1. The highest BCUT2D eigenvalue weighted by molar-refractivity contribution is 8.18. The van der Waals surface area contributed by atoms with Crippen LogP contribution in [-0.4, -0.2) is 22.5 Å². The zero-order valence-electron chi connectivity index (χ0n) is 14.5. The number of benzene rings is 2. The molecule has 0 fully saturated rings. The maximum absolute atomic E-state index is 12.7. The minimum absolute atomic E-state index is 0.195. The first-order valence-electron chi connectivity index (χ1n) is 7.64. The van der Waals surface area contributed by atoms with Gasteiger partial charge in [-0.25, -0.2) is 0 Å². The van der Waals surface area contributed by atoms with Gasteiger partial charge in [-0.2, -0.15) is 13.2 Å². The largest absolute Gasteiger partial charge is 0.416 e. The smallest absolute Gasteiger partial charge is 0.298 e. The minimum atomic E-state index is -4.37. The lowest BCUT2D eigenvalue weighted by atomic mass is 10.0. The minimum Gasteiger partial charge on any atom is -0.298 e. The summed E-state index contributed by atoms with van der Waals surface area (Å²) in [5, 5.41) is 0. The van der Waals surface area contributed by atoms with Crippen LogP contribution in [0, 0.1) is 0 Å². The molecule has 0 saturated carbocycles. The molecule has 2 aromatic rings. The normalized spacial score (nSPS) is 11.9. The molecule has 140 valence electrons. The Labute approximate surface area is 159 Å². The quantitative estimate of drug-likeness (QED) is 0.513. The number of carbonyl (C=O) groups excluding carboxylic acids is 1. The van der Waals surface area contributed by atoms with Crippen molar-refractivity contribution in [3.8, 4) is 11.1 Å². The molecule has 0 aliphatic rings. The lowest BCUT2D eigenvalue weighted by molar-refractivity contribution is -0.137. The van der Waals surface area contributed by atoms with Crippen LogP contribution < -0.4 is 10.9 Å². The number of para-hydroxylation sites is 1.